The lowest BCUT2D eigenvalue weighted by Gasteiger charge is -2.41. The van der Waals surface area contributed by atoms with Crippen molar-refractivity contribution >= 4 is 17.5 Å². The second kappa shape index (κ2) is 6.63. The number of hydrogen-bond acceptors (Lipinski definition) is 2. The Labute approximate surface area is 141 Å². The lowest BCUT2D eigenvalue weighted by atomic mass is 9.63. The molecule has 3 rings (SSSR count). The van der Waals surface area contributed by atoms with Crippen LogP contribution in [0.5, 0.6) is 5.75 Å². The molecule has 0 atom stereocenters. The number of para-hydroxylation sites is 1. The molecule has 0 unspecified atom stereocenters. The Kier molecular flexibility index (Phi) is 4.58. The molecule has 2 aromatic rings. The molecule has 1 aliphatic carbocycles. The highest BCUT2D eigenvalue weighted by Crippen LogP contribution is 2.47. The third-order valence-electron chi connectivity index (χ3n) is 4.63. The molecule has 0 aromatic heterocycles. The summed E-state index contributed by atoms with van der Waals surface area (Å²) in [6.45, 7) is 0.507. The van der Waals surface area contributed by atoms with Crippen LogP contribution in [-0.4, -0.2) is 13.0 Å². The van der Waals surface area contributed by atoms with E-state index >= 15 is 0 Å². The van der Waals surface area contributed by atoms with Crippen molar-refractivity contribution in [3.8, 4) is 5.75 Å². The Morgan fingerprint density at radius 1 is 1.17 bits per heavy atom. The number of carbonyl (C=O) groups is 1. The third kappa shape index (κ3) is 3.06. The van der Waals surface area contributed by atoms with Crippen molar-refractivity contribution < 1.29 is 9.53 Å². The summed E-state index contributed by atoms with van der Waals surface area (Å²) in [4.78, 5) is 12.9. The van der Waals surface area contributed by atoms with Gasteiger partial charge < -0.3 is 10.1 Å². The zero-order chi connectivity index (χ0) is 16.3. The van der Waals surface area contributed by atoms with E-state index in [4.69, 9.17) is 16.3 Å². The second-order valence-corrected chi connectivity index (χ2v) is 6.38. The molecule has 23 heavy (non-hydrogen) atoms. The first kappa shape index (κ1) is 15.9. The van der Waals surface area contributed by atoms with Crippen LogP contribution in [0, 0.1) is 0 Å². The van der Waals surface area contributed by atoms with Crippen LogP contribution in [0.15, 0.2) is 48.5 Å². The Morgan fingerprint density at radius 2 is 1.87 bits per heavy atom. The normalized spacial score (nSPS) is 15.6. The predicted molar refractivity (Wildman–Crippen MR) is 91.8 cm³/mol. The summed E-state index contributed by atoms with van der Waals surface area (Å²) in [5.74, 6) is 0.858. The van der Waals surface area contributed by atoms with E-state index in [9.17, 15) is 4.79 Å². The molecular formula is C19H20ClNO2. The van der Waals surface area contributed by atoms with Gasteiger partial charge in [0.25, 0.3) is 0 Å². The van der Waals surface area contributed by atoms with Gasteiger partial charge in [0, 0.05) is 17.1 Å². The van der Waals surface area contributed by atoms with Crippen molar-refractivity contribution in [3.63, 3.8) is 0 Å². The molecule has 1 aliphatic rings. The molecule has 0 heterocycles. The van der Waals surface area contributed by atoms with Gasteiger partial charge in [0.05, 0.1) is 12.5 Å². The number of benzene rings is 2. The van der Waals surface area contributed by atoms with E-state index in [1.54, 1.807) is 7.11 Å². The molecule has 2 aromatic carbocycles. The summed E-state index contributed by atoms with van der Waals surface area (Å²) < 4.78 is 5.46. The van der Waals surface area contributed by atoms with Crippen molar-refractivity contribution in [3.05, 3.63) is 64.7 Å². The fourth-order valence-electron chi connectivity index (χ4n) is 3.14. The van der Waals surface area contributed by atoms with E-state index in [-0.39, 0.29) is 5.91 Å². The fraction of sp³-hybridized carbons (Fsp3) is 0.316. The molecule has 4 heteroatoms. The van der Waals surface area contributed by atoms with Gasteiger partial charge in [-0.3, -0.25) is 4.79 Å². The molecule has 0 bridgehead atoms. The van der Waals surface area contributed by atoms with Crippen molar-refractivity contribution in [2.45, 2.75) is 31.2 Å². The van der Waals surface area contributed by atoms with Crippen LogP contribution in [0.3, 0.4) is 0 Å². The summed E-state index contributed by atoms with van der Waals surface area (Å²) in [5.41, 5.74) is 1.57. The maximum Gasteiger partial charge on any atom is 0.231 e. The fourth-order valence-corrected chi connectivity index (χ4v) is 3.27. The number of carbonyl (C=O) groups excluding carboxylic acids is 1. The predicted octanol–water partition coefficient (Wildman–Crippen LogP) is 4.09. The Balaban J connectivity index is 1.77. The average molecular weight is 330 g/mol. The van der Waals surface area contributed by atoms with E-state index in [0.29, 0.717) is 11.6 Å². The van der Waals surface area contributed by atoms with Gasteiger partial charge in [0.1, 0.15) is 5.75 Å². The zero-order valence-electron chi connectivity index (χ0n) is 13.1. The maximum atomic E-state index is 12.9. The number of rotatable bonds is 5. The van der Waals surface area contributed by atoms with Gasteiger partial charge in [-0.1, -0.05) is 48.4 Å². The molecule has 0 radical (unpaired) electrons. The first-order valence-corrected chi connectivity index (χ1v) is 8.20. The average Bonchev–Trinajstić information content (AvgIpc) is 2.54. The summed E-state index contributed by atoms with van der Waals surface area (Å²) in [6, 6.07) is 15.3. The molecular weight excluding hydrogens is 310 g/mol. The molecule has 0 aliphatic heterocycles. The van der Waals surface area contributed by atoms with E-state index in [2.05, 4.69) is 5.32 Å². The van der Waals surface area contributed by atoms with Gasteiger partial charge in [-0.15, -0.1) is 0 Å². The van der Waals surface area contributed by atoms with E-state index < -0.39 is 5.41 Å². The Morgan fingerprint density at radius 3 is 2.48 bits per heavy atom. The highest BCUT2D eigenvalue weighted by molar-refractivity contribution is 6.30. The minimum Gasteiger partial charge on any atom is -0.496 e. The van der Waals surface area contributed by atoms with Crippen LogP contribution in [-0.2, 0) is 16.8 Å². The van der Waals surface area contributed by atoms with Crippen molar-refractivity contribution in [1.29, 1.82) is 0 Å². The summed E-state index contributed by atoms with van der Waals surface area (Å²) in [6.07, 6.45) is 2.78. The first-order chi connectivity index (χ1) is 11.2. The second-order valence-electron chi connectivity index (χ2n) is 5.95. The number of amides is 1. The van der Waals surface area contributed by atoms with Crippen molar-refractivity contribution in [1.82, 2.24) is 5.32 Å². The van der Waals surface area contributed by atoms with E-state index in [1.165, 1.54) is 0 Å². The van der Waals surface area contributed by atoms with Crippen molar-refractivity contribution in [2.24, 2.45) is 0 Å². The Hall–Kier alpha value is -2.00. The first-order valence-electron chi connectivity index (χ1n) is 7.82. The minimum atomic E-state index is -0.459. The largest absolute Gasteiger partial charge is 0.496 e. The molecule has 1 amide bonds. The van der Waals surface area contributed by atoms with Crippen molar-refractivity contribution in [2.75, 3.05) is 7.11 Å². The SMILES string of the molecule is COc1ccccc1C1(C(=O)NCc2ccc(Cl)cc2)CCC1. The van der Waals surface area contributed by atoms with Gasteiger partial charge in [-0.25, -0.2) is 0 Å². The highest BCUT2D eigenvalue weighted by atomic mass is 35.5. The molecule has 1 fully saturated rings. The van der Waals surface area contributed by atoms with Crippen LogP contribution in [0.1, 0.15) is 30.4 Å². The Bertz CT molecular complexity index is 693. The van der Waals surface area contributed by atoms with Crippen LogP contribution >= 0.6 is 11.6 Å². The topological polar surface area (TPSA) is 38.3 Å². The highest BCUT2D eigenvalue weighted by Gasteiger charge is 2.47. The lowest BCUT2D eigenvalue weighted by molar-refractivity contribution is -0.130. The molecule has 3 nitrogen and oxygen atoms in total. The number of methoxy groups -OCH3 is 1. The summed E-state index contributed by atoms with van der Waals surface area (Å²) >= 11 is 5.89. The summed E-state index contributed by atoms with van der Waals surface area (Å²) in [5, 5.41) is 3.77. The monoisotopic (exact) mass is 329 g/mol. The van der Waals surface area contributed by atoms with Gasteiger partial charge in [-0.05, 0) is 36.6 Å². The maximum absolute atomic E-state index is 12.9. The number of halogens is 1. The quantitative estimate of drug-likeness (QED) is 0.897. The van der Waals surface area contributed by atoms with Crippen LogP contribution in [0.4, 0.5) is 0 Å². The lowest BCUT2D eigenvalue weighted by Crippen LogP contribution is -2.49. The van der Waals surface area contributed by atoms with Gasteiger partial charge in [-0.2, -0.15) is 0 Å². The molecule has 120 valence electrons. The molecule has 0 saturated heterocycles. The van der Waals surface area contributed by atoms with Crippen LogP contribution in [0.25, 0.3) is 0 Å². The van der Waals surface area contributed by atoms with E-state index in [0.717, 1.165) is 36.1 Å². The number of hydrogen-bond donors (Lipinski definition) is 1. The van der Waals surface area contributed by atoms with Gasteiger partial charge in [0.2, 0.25) is 5.91 Å². The third-order valence-corrected chi connectivity index (χ3v) is 4.88. The molecule has 1 saturated carbocycles. The standard InChI is InChI=1S/C19H20ClNO2/c1-23-17-6-3-2-5-16(17)19(11-4-12-19)18(22)21-13-14-7-9-15(20)10-8-14/h2-3,5-10H,4,11-13H2,1H3,(H,21,22). The van der Waals surface area contributed by atoms with Gasteiger partial charge >= 0.3 is 0 Å². The molecule has 0 spiro atoms. The zero-order valence-corrected chi connectivity index (χ0v) is 13.9. The van der Waals surface area contributed by atoms with E-state index in [1.807, 2.05) is 48.5 Å². The van der Waals surface area contributed by atoms with Gasteiger partial charge in [0.15, 0.2) is 0 Å². The molecule has 1 N–H and O–H groups in total. The minimum absolute atomic E-state index is 0.0724. The van der Waals surface area contributed by atoms with Crippen LogP contribution < -0.4 is 10.1 Å². The summed E-state index contributed by atoms with van der Waals surface area (Å²) in [7, 11) is 1.65. The van der Waals surface area contributed by atoms with Crippen LogP contribution in [0.2, 0.25) is 5.02 Å². The number of ether oxygens (including phenoxy) is 1. The smallest absolute Gasteiger partial charge is 0.231 e. The number of nitrogens with one attached hydrogen (secondary N) is 1.